The Labute approximate surface area is 88.2 Å². The lowest BCUT2D eigenvalue weighted by atomic mass is 10.0. The van der Waals surface area contributed by atoms with Crippen molar-refractivity contribution < 1.29 is 9.53 Å². The summed E-state index contributed by atoms with van der Waals surface area (Å²) in [6.45, 7) is 5.02. The van der Waals surface area contributed by atoms with Gasteiger partial charge in [0.05, 0.1) is 0 Å². The standard InChI is InChI=1S/C10H15N3O2/c1-6(2)8-3-4-13-9(15-8)5-7(12-13)10(11)14/h5-6,8H,3-4H2,1-2H3,(H2,11,14). The topological polar surface area (TPSA) is 70.1 Å². The number of hydrogen-bond donors (Lipinski definition) is 1. The first-order chi connectivity index (χ1) is 7.08. The molecule has 1 amide bonds. The first kappa shape index (κ1) is 10.0. The van der Waals surface area contributed by atoms with E-state index in [9.17, 15) is 4.79 Å². The molecule has 0 fully saturated rings. The highest BCUT2D eigenvalue weighted by molar-refractivity contribution is 5.91. The summed E-state index contributed by atoms with van der Waals surface area (Å²) in [5.41, 5.74) is 5.42. The molecule has 0 spiro atoms. The molecule has 1 atom stereocenters. The van der Waals surface area contributed by atoms with Crippen molar-refractivity contribution in [1.29, 1.82) is 0 Å². The predicted octanol–water partition coefficient (Wildman–Crippen LogP) is 0.789. The number of hydrogen-bond acceptors (Lipinski definition) is 3. The van der Waals surface area contributed by atoms with Crippen molar-refractivity contribution in [2.75, 3.05) is 0 Å². The van der Waals surface area contributed by atoms with Crippen LogP contribution in [0, 0.1) is 5.92 Å². The van der Waals surface area contributed by atoms with Gasteiger partial charge in [0.2, 0.25) is 5.88 Å². The van der Waals surface area contributed by atoms with E-state index in [1.165, 1.54) is 0 Å². The molecule has 82 valence electrons. The fourth-order valence-corrected chi connectivity index (χ4v) is 1.71. The Morgan fingerprint density at radius 2 is 2.47 bits per heavy atom. The van der Waals surface area contributed by atoms with E-state index < -0.39 is 5.91 Å². The Morgan fingerprint density at radius 3 is 3.07 bits per heavy atom. The maximum Gasteiger partial charge on any atom is 0.269 e. The summed E-state index contributed by atoms with van der Waals surface area (Å²) >= 11 is 0. The van der Waals surface area contributed by atoms with E-state index in [1.807, 2.05) is 0 Å². The molecular formula is C10H15N3O2. The van der Waals surface area contributed by atoms with E-state index in [0.29, 0.717) is 11.8 Å². The van der Waals surface area contributed by atoms with E-state index in [1.54, 1.807) is 10.7 Å². The van der Waals surface area contributed by atoms with Crippen LogP contribution in [0.2, 0.25) is 0 Å². The molecular weight excluding hydrogens is 194 g/mol. The average molecular weight is 209 g/mol. The fraction of sp³-hybridized carbons (Fsp3) is 0.600. The van der Waals surface area contributed by atoms with Crippen LogP contribution >= 0.6 is 0 Å². The molecule has 0 aliphatic carbocycles. The molecule has 1 aliphatic rings. The Morgan fingerprint density at radius 1 is 1.73 bits per heavy atom. The number of nitrogens with zero attached hydrogens (tertiary/aromatic N) is 2. The third kappa shape index (κ3) is 1.82. The van der Waals surface area contributed by atoms with Gasteiger partial charge in [0.15, 0.2) is 5.69 Å². The molecule has 0 aromatic carbocycles. The zero-order chi connectivity index (χ0) is 11.0. The van der Waals surface area contributed by atoms with Gasteiger partial charge in [0, 0.05) is 19.0 Å². The van der Waals surface area contributed by atoms with Gasteiger partial charge in [0.1, 0.15) is 6.10 Å². The maximum atomic E-state index is 10.9. The van der Waals surface area contributed by atoms with Crippen LogP contribution < -0.4 is 10.5 Å². The largest absolute Gasteiger partial charge is 0.474 e. The number of nitrogens with two attached hydrogens (primary N) is 1. The highest BCUT2D eigenvalue weighted by Crippen LogP contribution is 2.25. The van der Waals surface area contributed by atoms with Crippen LogP contribution in [-0.4, -0.2) is 21.8 Å². The van der Waals surface area contributed by atoms with Gasteiger partial charge in [-0.1, -0.05) is 13.8 Å². The number of rotatable bonds is 2. The first-order valence-electron chi connectivity index (χ1n) is 5.12. The summed E-state index contributed by atoms with van der Waals surface area (Å²) in [5, 5.41) is 4.06. The van der Waals surface area contributed by atoms with E-state index >= 15 is 0 Å². The molecule has 1 unspecified atom stereocenters. The number of carbonyl (C=O) groups excluding carboxylic acids is 1. The van der Waals surface area contributed by atoms with Crippen LogP contribution in [-0.2, 0) is 6.54 Å². The minimum Gasteiger partial charge on any atom is -0.474 e. The van der Waals surface area contributed by atoms with Crippen LogP contribution in [0.5, 0.6) is 5.88 Å². The van der Waals surface area contributed by atoms with Crippen molar-refractivity contribution in [2.24, 2.45) is 11.7 Å². The summed E-state index contributed by atoms with van der Waals surface area (Å²) in [4.78, 5) is 10.9. The molecule has 1 aromatic heterocycles. The maximum absolute atomic E-state index is 10.9. The zero-order valence-corrected chi connectivity index (χ0v) is 8.93. The van der Waals surface area contributed by atoms with Gasteiger partial charge in [0.25, 0.3) is 5.91 Å². The predicted molar refractivity (Wildman–Crippen MR) is 54.6 cm³/mol. The van der Waals surface area contributed by atoms with Gasteiger partial charge in [-0.25, -0.2) is 4.68 Å². The van der Waals surface area contributed by atoms with Crippen LogP contribution in [0.25, 0.3) is 0 Å². The molecule has 5 heteroatoms. The van der Waals surface area contributed by atoms with Crippen LogP contribution in [0.15, 0.2) is 6.07 Å². The van der Waals surface area contributed by atoms with Crippen molar-refractivity contribution in [1.82, 2.24) is 9.78 Å². The van der Waals surface area contributed by atoms with Gasteiger partial charge in [-0.15, -0.1) is 0 Å². The van der Waals surface area contributed by atoms with Crippen molar-refractivity contribution in [3.05, 3.63) is 11.8 Å². The van der Waals surface area contributed by atoms with Gasteiger partial charge in [-0.2, -0.15) is 5.10 Å². The lowest BCUT2D eigenvalue weighted by molar-refractivity contribution is 0.0937. The molecule has 1 aromatic rings. The number of aryl methyl sites for hydroxylation is 1. The summed E-state index contributed by atoms with van der Waals surface area (Å²) in [6, 6.07) is 1.61. The number of carbonyl (C=O) groups is 1. The third-order valence-corrected chi connectivity index (χ3v) is 2.64. The molecule has 0 bridgehead atoms. The van der Waals surface area contributed by atoms with E-state index in [0.717, 1.165) is 13.0 Å². The number of aromatic nitrogens is 2. The summed E-state index contributed by atoms with van der Waals surface area (Å²) in [5.74, 6) is 0.598. The highest BCUT2D eigenvalue weighted by atomic mass is 16.5. The number of primary amides is 1. The Bertz CT molecular complexity index is 384. The van der Waals surface area contributed by atoms with Gasteiger partial charge >= 0.3 is 0 Å². The molecule has 5 nitrogen and oxygen atoms in total. The summed E-state index contributed by atoms with van der Waals surface area (Å²) < 4.78 is 7.41. The summed E-state index contributed by atoms with van der Waals surface area (Å²) in [7, 11) is 0. The highest BCUT2D eigenvalue weighted by Gasteiger charge is 2.24. The number of fused-ring (bicyclic) bond motifs is 1. The minimum absolute atomic E-state index is 0.204. The fourth-order valence-electron chi connectivity index (χ4n) is 1.71. The van der Waals surface area contributed by atoms with Crippen molar-refractivity contribution in [3.63, 3.8) is 0 Å². The average Bonchev–Trinajstić information content (AvgIpc) is 2.59. The van der Waals surface area contributed by atoms with E-state index in [2.05, 4.69) is 18.9 Å². The lowest BCUT2D eigenvalue weighted by Crippen LogP contribution is -2.30. The number of ether oxygens (including phenoxy) is 1. The second-order valence-corrected chi connectivity index (χ2v) is 4.14. The van der Waals surface area contributed by atoms with Gasteiger partial charge < -0.3 is 10.5 Å². The normalized spacial score (nSPS) is 19.8. The van der Waals surface area contributed by atoms with Crippen molar-refractivity contribution in [2.45, 2.75) is 32.9 Å². The minimum atomic E-state index is -0.512. The Hall–Kier alpha value is -1.52. The molecule has 0 saturated heterocycles. The zero-order valence-electron chi connectivity index (χ0n) is 8.93. The molecule has 15 heavy (non-hydrogen) atoms. The smallest absolute Gasteiger partial charge is 0.269 e. The van der Waals surface area contributed by atoms with Gasteiger partial charge in [-0.05, 0) is 5.92 Å². The van der Waals surface area contributed by atoms with Gasteiger partial charge in [-0.3, -0.25) is 4.79 Å². The molecule has 1 aliphatic heterocycles. The second-order valence-electron chi connectivity index (χ2n) is 4.14. The molecule has 2 rings (SSSR count). The first-order valence-corrected chi connectivity index (χ1v) is 5.12. The number of amides is 1. The van der Waals surface area contributed by atoms with E-state index in [-0.39, 0.29) is 11.8 Å². The molecule has 0 radical (unpaired) electrons. The van der Waals surface area contributed by atoms with Crippen molar-refractivity contribution >= 4 is 5.91 Å². The molecule has 0 saturated carbocycles. The second kappa shape index (κ2) is 3.56. The third-order valence-electron chi connectivity index (χ3n) is 2.64. The summed E-state index contributed by atoms with van der Waals surface area (Å²) in [6.07, 6.45) is 1.12. The van der Waals surface area contributed by atoms with Crippen molar-refractivity contribution in [3.8, 4) is 5.88 Å². The quantitative estimate of drug-likeness (QED) is 0.782. The SMILES string of the molecule is CC(C)C1CCn2nc(C(N)=O)cc2O1. The van der Waals surface area contributed by atoms with Crippen LogP contribution in [0.1, 0.15) is 30.8 Å². The van der Waals surface area contributed by atoms with Crippen LogP contribution in [0.4, 0.5) is 0 Å². The monoisotopic (exact) mass is 209 g/mol. The molecule has 2 heterocycles. The molecule has 2 N–H and O–H groups in total. The Balaban J connectivity index is 2.23. The Kier molecular flexibility index (Phi) is 2.38. The lowest BCUT2D eigenvalue weighted by Gasteiger charge is -2.27. The van der Waals surface area contributed by atoms with Crippen LogP contribution in [0.3, 0.4) is 0 Å². The van der Waals surface area contributed by atoms with E-state index in [4.69, 9.17) is 10.5 Å².